The number of fused-ring (bicyclic) bond motifs is 1. The molecule has 3 aromatic rings. The van der Waals surface area contributed by atoms with E-state index in [0.29, 0.717) is 5.76 Å². The van der Waals surface area contributed by atoms with Crippen molar-refractivity contribution in [3.63, 3.8) is 0 Å². The smallest absolute Gasteiger partial charge is 0.273 e. The first-order valence-electron chi connectivity index (χ1n) is 7.82. The van der Waals surface area contributed by atoms with Crippen LogP contribution in [0.4, 0.5) is 11.5 Å². The number of non-ortho nitro benzene ring substituents is 1. The summed E-state index contributed by atoms with van der Waals surface area (Å²) in [5.41, 5.74) is 0.253. The predicted octanol–water partition coefficient (Wildman–Crippen LogP) is 3.48. The Morgan fingerprint density at radius 3 is 2.48 bits per heavy atom. The molecule has 4 rings (SSSR count). The number of benzene rings is 2. The Labute approximate surface area is 151 Å². The number of hydrogen-bond acceptors (Lipinski definition) is 7. The van der Waals surface area contributed by atoms with Crippen molar-refractivity contribution in [3.05, 3.63) is 75.5 Å². The highest BCUT2D eigenvalue weighted by Gasteiger charge is 2.38. The Balaban J connectivity index is 1.65. The van der Waals surface area contributed by atoms with Crippen LogP contribution in [0.2, 0.25) is 0 Å². The van der Waals surface area contributed by atoms with Crippen molar-refractivity contribution >= 4 is 23.3 Å². The Morgan fingerprint density at radius 2 is 1.78 bits per heavy atom. The summed E-state index contributed by atoms with van der Waals surface area (Å²) in [6.45, 7) is 1.65. The number of nitro benzene ring substituents is 1. The van der Waals surface area contributed by atoms with Crippen LogP contribution in [0.5, 0.6) is 11.5 Å². The lowest BCUT2D eigenvalue weighted by atomic mass is 10.1. The van der Waals surface area contributed by atoms with Crippen molar-refractivity contribution in [2.45, 2.75) is 6.92 Å². The molecule has 1 aliphatic heterocycles. The third-order valence-corrected chi connectivity index (χ3v) is 3.97. The molecular weight excluding hydrogens is 354 g/mol. The van der Waals surface area contributed by atoms with Crippen molar-refractivity contribution in [3.8, 4) is 11.5 Å². The third-order valence-electron chi connectivity index (χ3n) is 3.97. The maximum Gasteiger partial charge on any atom is 0.273 e. The van der Waals surface area contributed by atoms with Crippen LogP contribution in [0.25, 0.3) is 0 Å². The maximum atomic E-state index is 12.6. The number of nitrogens with zero attached hydrogens (tertiary/aromatic N) is 3. The number of ether oxygens (including phenoxy) is 1. The standard InChI is InChI=1S/C18H11N3O6/c1-10-7-16(19-27-10)20-17(22)14-6-5-13(9-15(14)18(20)23)26-12-4-2-3-11(8-12)21(24)25/h2-9H,1H3. The highest BCUT2D eigenvalue weighted by molar-refractivity contribution is 6.34. The molecule has 1 aliphatic rings. The van der Waals surface area contributed by atoms with Crippen molar-refractivity contribution in [1.82, 2.24) is 5.16 Å². The van der Waals surface area contributed by atoms with E-state index in [-0.39, 0.29) is 34.1 Å². The molecule has 0 N–H and O–H groups in total. The lowest BCUT2D eigenvalue weighted by molar-refractivity contribution is -0.384. The molecule has 9 nitrogen and oxygen atoms in total. The number of hydrogen-bond donors (Lipinski definition) is 0. The lowest BCUT2D eigenvalue weighted by Crippen LogP contribution is -2.29. The van der Waals surface area contributed by atoms with Gasteiger partial charge in [-0.15, -0.1) is 0 Å². The average Bonchev–Trinajstić information content (AvgIpc) is 3.17. The average molecular weight is 365 g/mol. The van der Waals surface area contributed by atoms with E-state index >= 15 is 0 Å². The molecule has 2 amide bonds. The molecule has 0 radical (unpaired) electrons. The van der Waals surface area contributed by atoms with Gasteiger partial charge in [-0.1, -0.05) is 11.2 Å². The van der Waals surface area contributed by atoms with Gasteiger partial charge in [0.25, 0.3) is 17.5 Å². The van der Waals surface area contributed by atoms with E-state index in [1.54, 1.807) is 13.0 Å². The highest BCUT2D eigenvalue weighted by atomic mass is 16.6. The molecular formula is C18H11N3O6. The van der Waals surface area contributed by atoms with Gasteiger partial charge >= 0.3 is 0 Å². The van der Waals surface area contributed by atoms with Gasteiger partial charge in [0.15, 0.2) is 5.82 Å². The zero-order valence-electron chi connectivity index (χ0n) is 13.9. The minimum Gasteiger partial charge on any atom is -0.457 e. The number of rotatable bonds is 4. The van der Waals surface area contributed by atoms with Gasteiger partial charge in [-0.25, -0.2) is 4.90 Å². The van der Waals surface area contributed by atoms with Crippen LogP contribution >= 0.6 is 0 Å². The van der Waals surface area contributed by atoms with Crippen LogP contribution in [0.3, 0.4) is 0 Å². The van der Waals surface area contributed by atoms with E-state index < -0.39 is 16.7 Å². The van der Waals surface area contributed by atoms with Gasteiger partial charge in [0, 0.05) is 12.1 Å². The van der Waals surface area contributed by atoms with Crippen molar-refractivity contribution in [1.29, 1.82) is 0 Å². The summed E-state index contributed by atoms with van der Waals surface area (Å²) in [4.78, 5) is 36.4. The van der Waals surface area contributed by atoms with Crippen LogP contribution in [0.15, 0.2) is 53.1 Å². The molecule has 0 spiro atoms. The first kappa shape index (κ1) is 16.5. The van der Waals surface area contributed by atoms with Crippen molar-refractivity contribution in [2.24, 2.45) is 0 Å². The van der Waals surface area contributed by atoms with Crippen molar-refractivity contribution < 1.29 is 23.8 Å². The van der Waals surface area contributed by atoms with Gasteiger partial charge in [-0.05, 0) is 31.2 Å². The molecule has 2 heterocycles. The molecule has 0 atom stereocenters. The van der Waals surface area contributed by atoms with E-state index in [2.05, 4.69) is 5.16 Å². The van der Waals surface area contributed by atoms with E-state index in [1.165, 1.54) is 42.5 Å². The monoisotopic (exact) mass is 365 g/mol. The Kier molecular flexibility index (Phi) is 3.69. The molecule has 2 aromatic carbocycles. The molecule has 27 heavy (non-hydrogen) atoms. The molecule has 0 bridgehead atoms. The normalized spacial score (nSPS) is 13.0. The zero-order valence-corrected chi connectivity index (χ0v) is 13.9. The molecule has 1 aromatic heterocycles. The summed E-state index contributed by atoms with van der Waals surface area (Å²) in [5.74, 6) is 0.0348. The minimum absolute atomic E-state index is 0.111. The summed E-state index contributed by atoms with van der Waals surface area (Å²) in [5, 5.41) is 14.6. The summed E-state index contributed by atoms with van der Waals surface area (Å²) in [7, 11) is 0. The molecule has 0 saturated carbocycles. The molecule has 0 saturated heterocycles. The third kappa shape index (κ3) is 2.80. The Hall–Kier alpha value is -4.01. The van der Waals surface area contributed by atoms with E-state index in [0.717, 1.165) is 4.90 Å². The van der Waals surface area contributed by atoms with Gasteiger partial charge in [0.1, 0.15) is 17.3 Å². The second-order valence-corrected chi connectivity index (χ2v) is 5.81. The quantitative estimate of drug-likeness (QED) is 0.395. The number of carbonyl (C=O) groups is 2. The first-order valence-corrected chi connectivity index (χ1v) is 7.82. The lowest BCUT2D eigenvalue weighted by Gasteiger charge is -2.08. The van der Waals surface area contributed by atoms with Crippen LogP contribution in [0.1, 0.15) is 26.5 Å². The zero-order chi connectivity index (χ0) is 19.1. The number of aromatic nitrogens is 1. The number of anilines is 1. The fraction of sp³-hybridized carbons (Fsp3) is 0.0556. The van der Waals surface area contributed by atoms with Crippen LogP contribution in [-0.4, -0.2) is 21.9 Å². The van der Waals surface area contributed by atoms with Crippen LogP contribution in [-0.2, 0) is 0 Å². The summed E-state index contributed by atoms with van der Waals surface area (Å²) in [6, 6.07) is 11.5. The second-order valence-electron chi connectivity index (χ2n) is 5.81. The highest BCUT2D eigenvalue weighted by Crippen LogP contribution is 2.32. The predicted molar refractivity (Wildman–Crippen MR) is 92.0 cm³/mol. The van der Waals surface area contributed by atoms with Gasteiger partial charge < -0.3 is 9.26 Å². The Morgan fingerprint density at radius 1 is 1.04 bits per heavy atom. The molecule has 0 unspecified atom stereocenters. The summed E-state index contributed by atoms with van der Waals surface area (Å²) < 4.78 is 10.5. The van der Waals surface area contributed by atoms with Crippen molar-refractivity contribution in [2.75, 3.05) is 4.90 Å². The fourth-order valence-electron chi connectivity index (χ4n) is 2.75. The van der Waals surface area contributed by atoms with E-state index in [1.807, 2.05) is 0 Å². The van der Waals surface area contributed by atoms with E-state index in [4.69, 9.17) is 9.26 Å². The van der Waals surface area contributed by atoms with E-state index in [9.17, 15) is 19.7 Å². The maximum absolute atomic E-state index is 12.6. The number of carbonyl (C=O) groups excluding carboxylic acids is 2. The number of nitro groups is 1. The Bertz CT molecular complexity index is 1100. The molecule has 9 heteroatoms. The number of aryl methyl sites for hydroxylation is 1. The molecule has 134 valence electrons. The van der Waals surface area contributed by atoms with Crippen LogP contribution < -0.4 is 9.64 Å². The topological polar surface area (TPSA) is 116 Å². The number of imide groups is 1. The number of amides is 2. The van der Waals surface area contributed by atoms with Gasteiger partial charge in [-0.3, -0.25) is 19.7 Å². The molecule has 0 aliphatic carbocycles. The SMILES string of the molecule is Cc1cc(N2C(=O)c3ccc(Oc4cccc([N+](=O)[O-])c4)cc3C2=O)no1. The largest absolute Gasteiger partial charge is 0.457 e. The fourth-order valence-corrected chi connectivity index (χ4v) is 2.75. The van der Waals surface area contributed by atoms with Gasteiger partial charge in [0.05, 0.1) is 22.1 Å². The van der Waals surface area contributed by atoms with Gasteiger partial charge in [-0.2, -0.15) is 0 Å². The van der Waals surface area contributed by atoms with Gasteiger partial charge in [0.2, 0.25) is 0 Å². The van der Waals surface area contributed by atoms with Crippen LogP contribution in [0, 0.1) is 17.0 Å². The first-order chi connectivity index (χ1) is 12.9. The summed E-state index contributed by atoms with van der Waals surface area (Å²) >= 11 is 0. The second kappa shape index (κ2) is 6.06. The summed E-state index contributed by atoms with van der Waals surface area (Å²) in [6.07, 6.45) is 0. The molecule has 0 fully saturated rings. The minimum atomic E-state index is -0.548.